The van der Waals surface area contributed by atoms with Gasteiger partial charge in [-0.1, -0.05) is 24.3 Å². The maximum atomic E-state index is 12.1. The Labute approximate surface area is 79.2 Å². The van der Waals surface area contributed by atoms with Gasteiger partial charge >= 0.3 is 6.18 Å². The SMILES string of the molecule is N[C@@H](c1ccc(CO)cc1)C(F)(F)F. The number of hydrogen-bond donors (Lipinski definition) is 2. The summed E-state index contributed by atoms with van der Waals surface area (Å²) in [6.45, 7) is -0.193. The molecule has 78 valence electrons. The largest absolute Gasteiger partial charge is 0.407 e. The molecule has 0 amide bonds. The first-order valence-corrected chi connectivity index (χ1v) is 3.97. The fourth-order valence-corrected chi connectivity index (χ4v) is 1.02. The molecule has 5 heteroatoms. The van der Waals surface area contributed by atoms with Crippen LogP contribution < -0.4 is 5.73 Å². The van der Waals surface area contributed by atoms with Crippen molar-refractivity contribution >= 4 is 0 Å². The Kier molecular flexibility index (Phi) is 3.13. The number of hydrogen-bond acceptors (Lipinski definition) is 2. The summed E-state index contributed by atoms with van der Waals surface area (Å²) in [7, 11) is 0. The van der Waals surface area contributed by atoms with Crippen molar-refractivity contribution in [1.82, 2.24) is 0 Å². The lowest BCUT2D eigenvalue weighted by Gasteiger charge is -2.15. The highest BCUT2D eigenvalue weighted by atomic mass is 19.4. The molecule has 0 aromatic heterocycles. The minimum absolute atomic E-state index is 0.00491. The van der Waals surface area contributed by atoms with Crippen LogP contribution in [0.5, 0.6) is 0 Å². The molecule has 14 heavy (non-hydrogen) atoms. The average Bonchev–Trinajstić information content (AvgIpc) is 2.15. The summed E-state index contributed by atoms with van der Waals surface area (Å²) in [5, 5.41) is 8.67. The maximum absolute atomic E-state index is 12.1. The van der Waals surface area contributed by atoms with E-state index in [1.165, 1.54) is 24.3 Å². The normalized spacial score (nSPS) is 14.1. The first-order chi connectivity index (χ1) is 6.45. The Morgan fingerprint density at radius 2 is 1.71 bits per heavy atom. The highest BCUT2D eigenvalue weighted by Crippen LogP contribution is 2.30. The maximum Gasteiger partial charge on any atom is 0.407 e. The highest BCUT2D eigenvalue weighted by molar-refractivity contribution is 5.25. The molecular formula is C9H10F3NO. The average molecular weight is 205 g/mol. The molecule has 0 radical (unpaired) electrons. The number of benzene rings is 1. The Hall–Kier alpha value is -1.07. The third kappa shape index (κ3) is 2.46. The lowest BCUT2D eigenvalue weighted by atomic mass is 10.1. The Bertz CT molecular complexity index is 294. The first kappa shape index (κ1) is 11.0. The predicted molar refractivity (Wildman–Crippen MR) is 45.3 cm³/mol. The Balaban J connectivity index is 2.87. The van der Waals surface area contributed by atoms with Crippen molar-refractivity contribution in [2.45, 2.75) is 18.8 Å². The van der Waals surface area contributed by atoms with E-state index in [2.05, 4.69) is 0 Å². The van der Waals surface area contributed by atoms with Gasteiger partial charge in [0.15, 0.2) is 0 Å². The molecule has 1 aromatic carbocycles. The summed E-state index contributed by atoms with van der Waals surface area (Å²) in [6, 6.07) is 3.41. The quantitative estimate of drug-likeness (QED) is 0.772. The molecule has 0 bridgehead atoms. The molecule has 0 aliphatic heterocycles. The molecule has 1 rings (SSSR count). The van der Waals surface area contributed by atoms with Crippen molar-refractivity contribution in [3.8, 4) is 0 Å². The van der Waals surface area contributed by atoms with E-state index >= 15 is 0 Å². The van der Waals surface area contributed by atoms with Crippen LogP contribution in [-0.4, -0.2) is 11.3 Å². The van der Waals surface area contributed by atoms with Crippen LogP contribution in [0.15, 0.2) is 24.3 Å². The van der Waals surface area contributed by atoms with E-state index in [4.69, 9.17) is 10.8 Å². The molecule has 0 heterocycles. The van der Waals surface area contributed by atoms with Gasteiger partial charge in [-0.05, 0) is 11.1 Å². The van der Waals surface area contributed by atoms with Gasteiger partial charge in [0.25, 0.3) is 0 Å². The van der Waals surface area contributed by atoms with Gasteiger partial charge in [-0.3, -0.25) is 0 Å². The highest BCUT2D eigenvalue weighted by Gasteiger charge is 2.37. The van der Waals surface area contributed by atoms with E-state index in [-0.39, 0.29) is 12.2 Å². The van der Waals surface area contributed by atoms with Crippen molar-refractivity contribution in [2.24, 2.45) is 5.73 Å². The summed E-state index contributed by atoms with van der Waals surface area (Å²) in [6.07, 6.45) is -4.43. The molecule has 0 aliphatic carbocycles. The van der Waals surface area contributed by atoms with Crippen LogP contribution in [0.3, 0.4) is 0 Å². The number of aliphatic hydroxyl groups is 1. The molecule has 0 aliphatic rings. The van der Waals surface area contributed by atoms with Crippen molar-refractivity contribution in [3.63, 3.8) is 0 Å². The molecule has 0 saturated carbocycles. The third-order valence-electron chi connectivity index (χ3n) is 1.87. The van der Waals surface area contributed by atoms with Gasteiger partial charge in [0.1, 0.15) is 6.04 Å². The zero-order valence-electron chi connectivity index (χ0n) is 7.25. The molecule has 1 aromatic rings. The van der Waals surface area contributed by atoms with Crippen LogP contribution >= 0.6 is 0 Å². The summed E-state index contributed by atoms with van der Waals surface area (Å²) in [5.74, 6) is 0. The van der Waals surface area contributed by atoms with Crippen molar-refractivity contribution in [1.29, 1.82) is 0 Å². The molecule has 0 unspecified atom stereocenters. The van der Waals surface area contributed by atoms with Crippen LogP contribution in [0.25, 0.3) is 0 Å². The molecular weight excluding hydrogens is 195 g/mol. The fraction of sp³-hybridized carbons (Fsp3) is 0.333. The second-order valence-electron chi connectivity index (χ2n) is 2.92. The Morgan fingerprint density at radius 1 is 1.21 bits per heavy atom. The van der Waals surface area contributed by atoms with Gasteiger partial charge in [0, 0.05) is 0 Å². The predicted octanol–water partition coefficient (Wildman–Crippen LogP) is 1.74. The number of rotatable bonds is 2. The monoisotopic (exact) mass is 205 g/mol. The van der Waals surface area contributed by atoms with Crippen molar-refractivity contribution in [2.75, 3.05) is 0 Å². The van der Waals surface area contributed by atoms with Gasteiger partial charge in [0.05, 0.1) is 6.61 Å². The van der Waals surface area contributed by atoms with Crippen LogP contribution in [-0.2, 0) is 6.61 Å². The fourth-order valence-electron chi connectivity index (χ4n) is 1.02. The standard InChI is InChI=1S/C9H10F3NO/c10-9(11,12)8(13)7-3-1-6(5-14)2-4-7/h1-4,8,14H,5,13H2/t8-/m0/s1. The van der Waals surface area contributed by atoms with Crippen LogP contribution in [0.1, 0.15) is 17.2 Å². The van der Waals surface area contributed by atoms with Gasteiger partial charge in [-0.15, -0.1) is 0 Å². The molecule has 0 saturated heterocycles. The van der Waals surface area contributed by atoms with Crippen LogP contribution in [0.4, 0.5) is 13.2 Å². The first-order valence-electron chi connectivity index (χ1n) is 3.97. The smallest absolute Gasteiger partial charge is 0.392 e. The summed E-state index contributed by atoms with van der Waals surface area (Å²) >= 11 is 0. The second kappa shape index (κ2) is 3.98. The van der Waals surface area contributed by atoms with E-state index in [0.29, 0.717) is 5.56 Å². The summed E-state index contributed by atoms with van der Waals surface area (Å²) in [4.78, 5) is 0. The zero-order chi connectivity index (χ0) is 10.8. The number of alkyl halides is 3. The van der Waals surface area contributed by atoms with Crippen LogP contribution in [0, 0.1) is 0 Å². The lowest BCUT2D eigenvalue weighted by Crippen LogP contribution is -2.28. The Morgan fingerprint density at radius 3 is 2.07 bits per heavy atom. The molecule has 3 N–H and O–H groups in total. The molecule has 2 nitrogen and oxygen atoms in total. The van der Waals surface area contributed by atoms with Crippen molar-refractivity contribution in [3.05, 3.63) is 35.4 Å². The van der Waals surface area contributed by atoms with E-state index in [1.807, 2.05) is 0 Å². The van der Waals surface area contributed by atoms with Crippen molar-refractivity contribution < 1.29 is 18.3 Å². The van der Waals surface area contributed by atoms with E-state index in [1.54, 1.807) is 0 Å². The molecule has 0 spiro atoms. The van der Waals surface area contributed by atoms with Gasteiger partial charge in [0.2, 0.25) is 0 Å². The van der Waals surface area contributed by atoms with Gasteiger partial charge < -0.3 is 10.8 Å². The van der Waals surface area contributed by atoms with E-state index in [9.17, 15) is 13.2 Å². The van der Waals surface area contributed by atoms with Gasteiger partial charge in [-0.25, -0.2) is 0 Å². The topological polar surface area (TPSA) is 46.2 Å². The van der Waals surface area contributed by atoms with Gasteiger partial charge in [-0.2, -0.15) is 13.2 Å². The lowest BCUT2D eigenvalue weighted by molar-refractivity contribution is -0.149. The minimum Gasteiger partial charge on any atom is -0.392 e. The number of nitrogens with two attached hydrogens (primary N) is 1. The summed E-state index contributed by atoms with van der Waals surface area (Å²) in [5.41, 5.74) is 5.53. The molecule has 0 fully saturated rings. The second-order valence-corrected chi connectivity index (χ2v) is 2.92. The molecule has 1 atom stereocenters. The number of aliphatic hydroxyl groups excluding tert-OH is 1. The van der Waals surface area contributed by atoms with E-state index < -0.39 is 12.2 Å². The third-order valence-corrected chi connectivity index (χ3v) is 1.87. The minimum atomic E-state index is -4.43. The van der Waals surface area contributed by atoms with Crippen LogP contribution in [0.2, 0.25) is 0 Å². The summed E-state index contributed by atoms with van der Waals surface area (Å²) < 4.78 is 36.4. The number of halogens is 3. The zero-order valence-corrected chi connectivity index (χ0v) is 7.25. The van der Waals surface area contributed by atoms with E-state index in [0.717, 1.165) is 0 Å².